The predicted molar refractivity (Wildman–Crippen MR) is 117 cm³/mol. The van der Waals surface area contributed by atoms with Gasteiger partial charge in [-0.3, -0.25) is 9.59 Å². The van der Waals surface area contributed by atoms with Gasteiger partial charge in [-0.1, -0.05) is 41.6 Å². The number of carbonyl (C=O) groups is 1. The smallest absolute Gasteiger partial charge is 0.277 e. The number of benzene rings is 2. The molecule has 4 rings (SSSR count). The van der Waals surface area contributed by atoms with Crippen LogP contribution in [0.3, 0.4) is 0 Å². The van der Waals surface area contributed by atoms with Crippen molar-refractivity contribution in [2.24, 2.45) is 0 Å². The Bertz CT molecular complexity index is 1230. The molecule has 7 nitrogen and oxygen atoms in total. The molecule has 0 saturated carbocycles. The third-order valence-electron chi connectivity index (χ3n) is 4.78. The van der Waals surface area contributed by atoms with E-state index in [1.165, 1.54) is 4.68 Å². The lowest BCUT2D eigenvalue weighted by atomic mass is 10.1. The first-order valence-electron chi connectivity index (χ1n) is 9.71. The fourth-order valence-electron chi connectivity index (χ4n) is 3.15. The van der Waals surface area contributed by atoms with Gasteiger partial charge >= 0.3 is 0 Å². The summed E-state index contributed by atoms with van der Waals surface area (Å²) in [5.41, 5.74) is 3.55. The van der Waals surface area contributed by atoms with Crippen LogP contribution in [0.15, 0.2) is 58.7 Å². The number of hydrogen-bond acceptors (Lipinski definition) is 6. The summed E-state index contributed by atoms with van der Waals surface area (Å²) in [5, 5.41) is 14.4. The molecule has 2 heterocycles. The first-order chi connectivity index (χ1) is 14.6. The Balaban J connectivity index is 1.26. The lowest BCUT2D eigenvalue weighted by Gasteiger charge is -2.07. The molecule has 0 atom stereocenters. The van der Waals surface area contributed by atoms with Gasteiger partial charge in [0.05, 0.1) is 22.6 Å². The molecule has 0 fully saturated rings. The second-order valence-corrected chi connectivity index (χ2v) is 8.00. The molecule has 0 unspecified atom stereocenters. The van der Waals surface area contributed by atoms with Gasteiger partial charge in [-0.2, -0.15) is 0 Å². The molecule has 0 radical (unpaired) electrons. The molecule has 30 heavy (non-hydrogen) atoms. The zero-order chi connectivity index (χ0) is 20.9. The highest BCUT2D eigenvalue weighted by Gasteiger charge is 2.08. The van der Waals surface area contributed by atoms with E-state index in [0.29, 0.717) is 17.4 Å². The van der Waals surface area contributed by atoms with Crippen LogP contribution in [0.2, 0.25) is 0 Å². The van der Waals surface area contributed by atoms with E-state index in [9.17, 15) is 9.59 Å². The molecule has 0 aliphatic carbocycles. The summed E-state index contributed by atoms with van der Waals surface area (Å²) in [4.78, 5) is 29.0. The first-order valence-corrected chi connectivity index (χ1v) is 10.6. The van der Waals surface area contributed by atoms with Gasteiger partial charge in [0.25, 0.3) is 5.56 Å². The molecule has 0 aliphatic heterocycles. The standard InChI is InChI=1S/C22H21N5O2S/c1-15-24-20(14-30-15)17-8-6-16(7-9-17)10-12-23-21(28)11-13-27-22(29)18-4-2-3-5-19(18)25-26-27/h2-9,14H,10-13H2,1H3,(H,23,28). The predicted octanol–water partition coefficient (Wildman–Crippen LogP) is 2.97. The van der Waals surface area contributed by atoms with E-state index in [2.05, 4.69) is 50.3 Å². The number of fused-ring (bicyclic) bond motifs is 1. The number of aryl methyl sites for hydroxylation is 2. The van der Waals surface area contributed by atoms with E-state index >= 15 is 0 Å². The maximum atomic E-state index is 12.4. The van der Waals surface area contributed by atoms with E-state index < -0.39 is 0 Å². The Morgan fingerprint density at radius 2 is 1.93 bits per heavy atom. The summed E-state index contributed by atoms with van der Waals surface area (Å²) in [6, 6.07) is 15.3. The molecular weight excluding hydrogens is 398 g/mol. The van der Waals surface area contributed by atoms with Gasteiger partial charge in [0.1, 0.15) is 5.52 Å². The number of hydrogen-bond donors (Lipinski definition) is 1. The number of nitrogens with zero attached hydrogens (tertiary/aromatic N) is 4. The summed E-state index contributed by atoms with van der Waals surface area (Å²) in [5.74, 6) is -0.119. The summed E-state index contributed by atoms with van der Waals surface area (Å²) < 4.78 is 1.24. The minimum Gasteiger partial charge on any atom is -0.356 e. The van der Waals surface area contributed by atoms with E-state index in [4.69, 9.17) is 0 Å². The second kappa shape index (κ2) is 8.96. The average Bonchev–Trinajstić information content (AvgIpc) is 3.20. The van der Waals surface area contributed by atoms with Crippen molar-refractivity contribution in [1.82, 2.24) is 25.3 Å². The highest BCUT2D eigenvalue weighted by molar-refractivity contribution is 7.09. The van der Waals surface area contributed by atoms with Crippen molar-refractivity contribution in [3.63, 3.8) is 0 Å². The van der Waals surface area contributed by atoms with E-state index in [-0.39, 0.29) is 24.4 Å². The van der Waals surface area contributed by atoms with Gasteiger partial charge in [0.2, 0.25) is 5.91 Å². The summed E-state index contributed by atoms with van der Waals surface area (Å²) >= 11 is 1.64. The van der Waals surface area contributed by atoms with Crippen molar-refractivity contribution < 1.29 is 4.79 Å². The Kier molecular flexibility index (Phi) is 5.94. The normalized spacial score (nSPS) is 11.0. The number of thiazole rings is 1. The molecule has 2 aromatic heterocycles. The van der Waals surface area contributed by atoms with Crippen molar-refractivity contribution in [1.29, 1.82) is 0 Å². The molecule has 152 valence electrons. The van der Waals surface area contributed by atoms with Crippen molar-refractivity contribution in [2.75, 3.05) is 6.54 Å². The minimum atomic E-state index is -0.233. The van der Waals surface area contributed by atoms with Crippen molar-refractivity contribution in [3.8, 4) is 11.3 Å². The molecule has 0 aliphatic rings. The third kappa shape index (κ3) is 4.60. The molecule has 0 spiro atoms. The largest absolute Gasteiger partial charge is 0.356 e. The molecule has 4 aromatic rings. The van der Waals surface area contributed by atoms with Crippen molar-refractivity contribution in [2.45, 2.75) is 26.3 Å². The van der Waals surface area contributed by atoms with Crippen LogP contribution in [-0.4, -0.2) is 32.4 Å². The van der Waals surface area contributed by atoms with E-state index in [0.717, 1.165) is 28.2 Å². The highest BCUT2D eigenvalue weighted by Crippen LogP contribution is 2.21. The average molecular weight is 420 g/mol. The first kappa shape index (κ1) is 19.9. The number of rotatable bonds is 7. The van der Waals surface area contributed by atoms with Crippen molar-refractivity contribution in [3.05, 3.63) is 74.8 Å². The van der Waals surface area contributed by atoms with Gasteiger partial charge in [0, 0.05) is 23.9 Å². The van der Waals surface area contributed by atoms with Crippen LogP contribution in [0.5, 0.6) is 0 Å². The van der Waals surface area contributed by atoms with Crippen LogP contribution >= 0.6 is 11.3 Å². The van der Waals surface area contributed by atoms with E-state index in [1.807, 2.05) is 13.0 Å². The van der Waals surface area contributed by atoms with Gasteiger partial charge in [-0.25, -0.2) is 9.67 Å². The zero-order valence-corrected chi connectivity index (χ0v) is 17.4. The summed E-state index contributed by atoms with van der Waals surface area (Å²) in [6.07, 6.45) is 0.910. The molecule has 0 bridgehead atoms. The number of aromatic nitrogens is 4. The maximum Gasteiger partial charge on any atom is 0.277 e. The zero-order valence-electron chi connectivity index (χ0n) is 16.5. The second-order valence-electron chi connectivity index (χ2n) is 6.93. The molecule has 8 heteroatoms. The molecule has 0 saturated heterocycles. The number of nitrogens with one attached hydrogen (secondary N) is 1. The van der Waals surface area contributed by atoms with Crippen molar-refractivity contribution >= 4 is 28.1 Å². The number of carbonyl (C=O) groups excluding carboxylic acids is 1. The topological polar surface area (TPSA) is 89.8 Å². The van der Waals surface area contributed by atoms with Gasteiger partial charge < -0.3 is 5.32 Å². The Morgan fingerprint density at radius 1 is 1.13 bits per heavy atom. The third-order valence-corrected chi connectivity index (χ3v) is 5.56. The number of amides is 1. The van der Waals surface area contributed by atoms with Gasteiger partial charge in [0.15, 0.2) is 0 Å². The molecule has 1 amide bonds. The molecule has 2 aromatic carbocycles. The monoisotopic (exact) mass is 419 g/mol. The lowest BCUT2D eigenvalue weighted by molar-refractivity contribution is -0.121. The molecule has 1 N–H and O–H groups in total. The summed E-state index contributed by atoms with van der Waals surface area (Å²) in [6.45, 7) is 2.73. The fourth-order valence-corrected chi connectivity index (χ4v) is 3.77. The highest BCUT2D eigenvalue weighted by atomic mass is 32.1. The van der Waals surface area contributed by atoms with Gasteiger partial charge in [-0.05, 0) is 31.0 Å². The van der Waals surface area contributed by atoms with Crippen LogP contribution in [0.1, 0.15) is 17.0 Å². The minimum absolute atomic E-state index is 0.119. The Labute approximate surface area is 177 Å². The van der Waals surface area contributed by atoms with Crippen LogP contribution in [0.4, 0.5) is 0 Å². The SMILES string of the molecule is Cc1nc(-c2ccc(CCNC(=O)CCn3nnc4ccccc4c3=O)cc2)cs1. The maximum absolute atomic E-state index is 12.4. The van der Waals surface area contributed by atoms with Gasteiger partial charge in [-0.15, -0.1) is 16.4 Å². The van der Waals surface area contributed by atoms with Crippen LogP contribution < -0.4 is 10.9 Å². The lowest BCUT2D eigenvalue weighted by Crippen LogP contribution is -2.30. The Hall–Kier alpha value is -3.39. The molecular formula is C22H21N5O2S. The van der Waals surface area contributed by atoms with E-state index in [1.54, 1.807) is 29.5 Å². The Morgan fingerprint density at radius 3 is 2.70 bits per heavy atom. The van der Waals surface area contributed by atoms with Crippen LogP contribution in [-0.2, 0) is 17.8 Å². The summed E-state index contributed by atoms with van der Waals surface area (Å²) in [7, 11) is 0. The van der Waals surface area contributed by atoms with Crippen LogP contribution in [0, 0.1) is 6.92 Å². The quantitative estimate of drug-likeness (QED) is 0.497. The van der Waals surface area contributed by atoms with Crippen LogP contribution in [0.25, 0.3) is 22.2 Å². The fraction of sp³-hybridized carbons (Fsp3) is 0.227.